The normalized spacial score (nSPS) is 10.8. The molecule has 0 bridgehead atoms. The van der Waals surface area contributed by atoms with Crippen LogP contribution < -0.4 is 18.9 Å². The second-order valence-corrected chi connectivity index (χ2v) is 9.26. The predicted molar refractivity (Wildman–Crippen MR) is 161 cm³/mol. The summed E-state index contributed by atoms with van der Waals surface area (Å²) in [5.41, 5.74) is 8.54. The molecule has 0 saturated carbocycles. The Kier molecular flexibility index (Phi) is 7.29. The van der Waals surface area contributed by atoms with Gasteiger partial charge in [-0.2, -0.15) is 0 Å². The van der Waals surface area contributed by atoms with Gasteiger partial charge in [0.1, 0.15) is 0 Å². The number of rotatable bonds is 8. The molecule has 0 aliphatic heterocycles. The molecule has 0 spiro atoms. The van der Waals surface area contributed by atoms with E-state index in [0.29, 0.717) is 23.0 Å². The highest BCUT2D eigenvalue weighted by Gasteiger charge is 2.22. The molecule has 196 valence electrons. The minimum absolute atomic E-state index is 0.652. The second kappa shape index (κ2) is 11.0. The lowest BCUT2D eigenvalue weighted by Crippen LogP contribution is -2.00. The van der Waals surface area contributed by atoms with Crippen molar-refractivity contribution >= 4 is 16.8 Å². The van der Waals surface area contributed by atoms with Crippen LogP contribution in [0.25, 0.3) is 50.2 Å². The molecule has 4 heteroatoms. The first-order chi connectivity index (χ1) is 19.0. The zero-order chi connectivity index (χ0) is 27.5. The largest absolute Gasteiger partial charge is 0.493 e. The van der Waals surface area contributed by atoms with Crippen molar-refractivity contribution in [1.29, 1.82) is 0 Å². The van der Waals surface area contributed by atoms with E-state index in [2.05, 4.69) is 80.2 Å². The summed E-state index contributed by atoms with van der Waals surface area (Å²) in [6, 6.07) is 29.4. The van der Waals surface area contributed by atoms with Crippen molar-refractivity contribution in [3.8, 4) is 56.4 Å². The summed E-state index contributed by atoms with van der Waals surface area (Å²) in [5.74, 6) is 2.70. The van der Waals surface area contributed by atoms with Crippen molar-refractivity contribution < 1.29 is 18.9 Å². The Morgan fingerprint density at radius 1 is 0.590 bits per heavy atom. The zero-order valence-corrected chi connectivity index (χ0v) is 23.0. The Balaban J connectivity index is 1.79. The van der Waals surface area contributed by atoms with Crippen molar-refractivity contribution in [2.75, 3.05) is 28.4 Å². The SMILES string of the molecule is C=Cc1c(OC)c(OC)cc(-c2ccc(-c3ccccc3)cc2)c1-c1ccc2cc(OC)c(OC)cc2c1C. The van der Waals surface area contributed by atoms with Gasteiger partial charge >= 0.3 is 0 Å². The van der Waals surface area contributed by atoms with E-state index >= 15 is 0 Å². The molecule has 0 amide bonds. The lowest BCUT2D eigenvalue weighted by Gasteiger charge is -2.22. The number of fused-ring (bicyclic) bond motifs is 1. The topological polar surface area (TPSA) is 36.9 Å². The van der Waals surface area contributed by atoms with E-state index < -0.39 is 0 Å². The minimum atomic E-state index is 0.652. The molecule has 0 aliphatic rings. The summed E-state index contributed by atoms with van der Waals surface area (Å²) in [4.78, 5) is 0. The lowest BCUT2D eigenvalue weighted by atomic mass is 9.85. The molecule has 0 atom stereocenters. The average Bonchev–Trinajstić information content (AvgIpc) is 3.00. The number of hydrogen-bond acceptors (Lipinski definition) is 4. The molecular weight excluding hydrogens is 484 g/mol. The zero-order valence-electron chi connectivity index (χ0n) is 23.0. The smallest absolute Gasteiger partial charge is 0.168 e. The van der Waals surface area contributed by atoms with Gasteiger partial charge in [0.25, 0.3) is 0 Å². The van der Waals surface area contributed by atoms with Crippen molar-refractivity contribution in [3.05, 3.63) is 103 Å². The van der Waals surface area contributed by atoms with Crippen LogP contribution in [0.3, 0.4) is 0 Å². The van der Waals surface area contributed by atoms with Gasteiger partial charge in [0.15, 0.2) is 23.0 Å². The van der Waals surface area contributed by atoms with Crippen LogP contribution in [0.2, 0.25) is 0 Å². The first kappa shape index (κ1) is 25.9. The fourth-order valence-corrected chi connectivity index (χ4v) is 5.28. The highest BCUT2D eigenvalue weighted by Crippen LogP contribution is 2.48. The van der Waals surface area contributed by atoms with E-state index in [1.54, 1.807) is 28.4 Å². The minimum Gasteiger partial charge on any atom is -0.493 e. The van der Waals surface area contributed by atoms with Crippen LogP contribution in [0.4, 0.5) is 0 Å². The first-order valence-corrected chi connectivity index (χ1v) is 12.8. The molecule has 5 aromatic carbocycles. The Morgan fingerprint density at radius 2 is 1.21 bits per heavy atom. The van der Waals surface area contributed by atoms with E-state index in [1.807, 2.05) is 24.3 Å². The molecule has 0 unspecified atom stereocenters. The van der Waals surface area contributed by atoms with Gasteiger partial charge in [-0.3, -0.25) is 0 Å². The highest BCUT2D eigenvalue weighted by molar-refractivity contribution is 6.00. The van der Waals surface area contributed by atoms with Gasteiger partial charge in [-0.05, 0) is 69.3 Å². The number of methoxy groups -OCH3 is 4. The van der Waals surface area contributed by atoms with Crippen LogP contribution in [0, 0.1) is 6.92 Å². The molecule has 0 radical (unpaired) electrons. The van der Waals surface area contributed by atoms with Gasteiger partial charge in [-0.25, -0.2) is 0 Å². The second-order valence-electron chi connectivity index (χ2n) is 9.26. The Bertz CT molecular complexity index is 1650. The highest BCUT2D eigenvalue weighted by atomic mass is 16.5. The van der Waals surface area contributed by atoms with Crippen LogP contribution >= 0.6 is 0 Å². The molecule has 0 saturated heterocycles. The fraction of sp³-hybridized carbons (Fsp3) is 0.143. The molecule has 0 fully saturated rings. The Labute approximate surface area is 230 Å². The van der Waals surface area contributed by atoms with E-state index in [4.69, 9.17) is 18.9 Å². The monoisotopic (exact) mass is 516 g/mol. The van der Waals surface area contributed by atoms with Gasteiger partial charge in [0.05, 0.1) is 28.4 Å². The summed E-state index contributed by atoms with van der Waals surface area (Å²) in [5, 5.41) is 2.16. The maximum atomic E-state index is 5.85. The molecule has 0 aliphatic carbocycles. The Hall–Kier alpha value is -4.70. The van der Waals surface area contributed by atoms with Crippen LogP contribution in [-0.4, -0.2) is 28.4 Å². The fourth-order valence-electron chi connectivity index (χ4n) is 5.28. The van der Waals surface area contributed by atoms with E-state index in [9.17, 15) is 0 Å². The van der Waals surface area contributed by atoms with Crippen LogP contribution in [-0.2, 0) is 0 Å². The molecule has 39 heavy (non-hydrogen) atoms. The molecule has 5 aromatic rings. The molecule has 0 aromatic heterocycles. The van der Waals surface area contributed by atoms with Gasteiger partial charge in [0, 0.05) is 11.1 Å². The van der Waals surface area contributed by atoms with Crippen molar-refractivity contribution in [2.24, 2.45) is 0 Å². The lowest BCUT2D eigenvalue weighted by molar-refractivity contribution is 0.354. The van der Waals surface area contributed by atoms with Gasteiger partial charge in [-0.1, -0.05) is 79.4 Å². The summed E-state index contributed by atoms with van der Waals surface area (Å²) < 4.78 is 22.8. The summed E-state index contributed by atoms with van der Waals surface area (Å²) in [6.07, 6.45) is 1.84. The van der Waals surface area contributed by atoms with Gasteiger partial charge < -0.3 is 18.9 Å². The van der Waals surface area contributed by atoms with Gasteiger partial charge in [0.2, 0.25) is 0 Å². The van der Waals surface area contributed by atoms with E-state index in [-0.39, 0.29) is 0 Å². The molecule has 0 heterocycles. The Morgan fingerprint density at radius 3 is 1.82 bits per heavy atom. The third-order valence-corrected chi connectivity index (χ3v) is 7.28. The molecular formula is C35H32O4. The number of aryl methyl sites for hydroxylation is 1. The maximum Gasteiger partial charge on any atom is 0.168 e. The van der Waals surface area contributed by atoms with Crippen LogP contribution in [0.15, 0.2) is 91.5 Å². The molecule has 4 nitrogen and oxygen atoms in total. The number of ether oxygens (including phenoxy) is 4. The van der Waals surface area contributed by atoms with E-state index in [1.165, 1.54) is 5.56 Å². The standard InChI is InChI=1S/C35H32O4/c1-7-27-34(28-18-17-26-19-31(36-3)32(37-4)20-29(26)22(28)2)30(21-33(38-5)35(27)39-6)25-15-13-24(14-16-25)23-11-9-8-10-12-23/h7-21H,1H2,2-6H3. The number of benzene rings is 5. The summed E-state index contributed by atoms with van der Waals surface area (Å²) >= 11 is 0. The van der Waals surface area contributed by atoms with Crippen molar-refractivity contribution in [2.45, 2.75) is 6.92 Å². The third kappa shape index (κ3) is 4.59. The summed E-state index contributed by atoms with van der Waals surface area (Å²) in [6.45, 7) is 6.29. The number of hydrogen-bond donors (Lipinski definition) is 0. The maximum absolute atomic E-state index is 5.85. The first-order valence-electron chi connectivity index (χ1n) is 12.8. The summed E-state index contributed by atoms with van der Waals surface area (Å²) in [7, 11) is 6.63. The van der Waals surface area contributed by atoms with Gasteiger partial charge in [-0.15, -0.1) is 0 Å². The van der Waals surface area contributed by atoms with Crippen molar-refractivity contribution in [3.63, 3.8) is 0 Å². The predicted octanol–water partition coefficient (Wildman–Crippen LogP) is 8.83. The van der Waals surface area contributed by atoms with Crippen molar-refractivity contribution in [1.82, 2.24) is 0 Å². The van der Waals surface area contributed by atoms with E-state index in [0.717, 1.165) is 49.7 Å². The average molecular weight is 517 g/mol. The molecule has 0 N–H and O–H groups in total. The third-order valence-electron chi connectivity index (χ3n) is 7.28. The molecule has 5 rings (SSSR count). The van der Waals surface area contributed by atoms with Crippen LogP contribution in [0.1, 0.15) is 11.1 Å². The van der Waals surface area contributed by atoms with Crippen LogP contribution in [0.5, 0.6) is 23.0 Å². The quantitative estimate of drug-likeness (QED) is 0.206.